The summed E-state index contributed by atoms with van der Waals surface area (Å²) >= 11 is 0. The van der Waals surface area contributed by atoms with Crippen LogP contribution in [0, 0.1) is 26.6 Å². The summed E-state index contributed by atoms with van der Waals surface area (Å²) in [7, 11) is 0. The molecule has 0 spiro atoms. The molecule has 0 saturated carbocycles. The van der Waals surface area contributed by atoms with Gasteiger partial charge in [0.05, 0.1) is 0 Å². The topological polar surface area (TPSA) is 73.4 Å². The zero-order valence-electron chi connectivity index (χ0n) is 18.5. The van der Waals surface area contributed by atoms with Crippen LogP contribution in [0.2, 0.25) is 0 Å². The van der Waals surface area contributed by atoms with Gasteiger partial charge >= 0.3 is 6.03 Å². The average molecular weight is 435 g/mol. The van der Waals surface area contributed by atoms with Crippen LogP contribution in [0.25, 0.3) is 0 Å². The van der Waals surface area contributed by atoms with Gasteiger partial charge in [0.25, 0.3) is 0 Å². The Bertz CT molecular complexity index is 1110. The maximum absolute atomic E-state index is 13.7. The lowest BCUT2D eigenvalue weighted by atomic mass is 10.2. The first-order valence-electron chi connectivity index (χ1n) is 10.6. The normalized spacial score (nSPS) is 13.8. The van der Waals surface area contributed by atoms with E-state index < -0.39 is 0 Å². The van der Waals surface area contributed by atoms with Gasteiger partial charge in [-0.3, -0.25) is 0 Å². The molecule has 2 aromatic carbocycles. The molecule has 7 nitrogen and oxygen atoms in total. The number of carbonyl (C=O) groups is 1. The molecular weight excluding hydrogens is 407 g/mol. The number of urea groups is 1. The molecule has 2 heterocycles. The second-order valence-corrected chi connectivity index (χ2v) is 8.02. The average Bonchev–Trinajstić information content (AvgIpc) is 2.77. The molecule has 1 saturated heterocycles. The quantitative estimate of drug-likeness (QED) is 0.626. The van der Waals surface area contributed by atoms with Crippen LogP contribution < -0.4 is 15.5 Å². The van der Waals surface area contributed by atoms with Crippen molar-refractivity contribution >= 4 is 29.0 Å². The predicted molar refractivity (Wildman–Crippen MR) is 125 cm³/mol. The van der Waals surface area contributed by atoms with Crippen LogP contribution in [0.3, 0.4) is 0 Å². The highest BCUT2D eigenvalue weighted by molar-refractivity contribution is 5.89. The fourth-order valence-corrected chi connectivity index (χ4v) is 3.57. The van der Waals surface area contributed by atoms with E-state index in [0.717, 1.165) is 17.3 Å². The summed E-state index contributed by atoms with van der Waals surface area (Å²) in [6.45, 7) is 8.00. The maximum atomic E-state index is 13.7. The number of hydrogen-bond acceptors (Lipinski definition) is 5. The summed E-state index contributed by atoms with van der Waals surface area (Å²) < 4.78 is 13.7. The lowest BCUT2D eigenvalue weighted by molar-refractivity contribution is 0.208. The molecule has 0 atom stereocenters. The fourth-order valence-electron chi connectivity index (χ4n) is 3.57. The maximum Gasteiger partial charge on any atom is 0.321 e. The number of aryl methyl sites for hydroxylation is 3. The molecule has 1 aliphatic rings. The summed E-state index contributed by atoms with van der Waals surface area (Å²) in [5, 5.41) is 6.11. The molecule has 1 fully saturated rings. The molecule has 3 aromatic rings. The number of carbonyl (C=O) groups excluding carboxylic acids is 1. The molecule has 2 N–H and O–H groups in total. The van der Waals surface area contributed by atoms with Gasteiger partial charge < -0.3 is 20.4 Å². The first-order valence-corrected chi connectivity index (χ1v) is 10.6. The largest absolute Gasteiger partial charge is 0.353 e. The summed E-state index contributed by atoms with van der Waals surface area (Å²) in [5.41, 5.74) is 3.17. The van der Waals surface area contributed by atoms with E-state index in [1.54, 1.807) is 24.0 Å². The number of nitrogens with zero attached hydrogens (tertiary/aromatic N) is 4. The van der Waals surface area contributed by atoms with E-state index in [0.29, 0.717) is 43.3 Å². The predicted octanol–water partition coefficient (Wildman–Crippen LogP) is 4.64. The highest BCUT2D eigenvalue weighted by atomic mass is 19.1. The molecule has 0 aliphatic carbocycles. The van der Waals surface area contributed by atoms with E-state index in [9.17, 15) is 9.18 Å². The van der Waals surface area contributed by atoms with E-state index in [4.69, 9.17) is 0 Å². The number of anilines is 4. The third kappa shape index (κ3) is 5.14. The van der Waals surface area contributed by atoms with Crippen molar-refractivity contribution in [2.75, 3.05) is 41.7 Å². The van der Waals surface area contributed by atoms with E-state index in [1.165, 1.54) is 11.6 Å². The summed E-state index contributed by atoms with van der Waals surface area (Å²) in [5.74, 6) is 1.91. The Kier molecular flexibility index (Phi) is 6.20. The van der Waals surface area contributed by atoms with Crippen molar-refractivity contribution in [3.63, 3.8) is 0 Å². The van der Waals surface area contributed by atoms with Crippen molar-refractivity contribution in [3.05, 3.63) is 71.3 Å². The molecule has 0 unspecified atom stereocenters. The SMILES string of the molecule is Cc1ccc(Nc2cc(N3CCN(C(=O)Nc4ccc(C)c(F)c4)CC3)nc(C)n2)cc1. The number of aromatic nitrogens is 2. The Hall–Kier alpha value is -3.68. The number of piperazine rings is 1. The third-order valence-electron chi connectivity index (χ3n) is 5.46. The Labute approximate surface area is 187 Å². The monoisotopic (exact) mass is 434 g/mol. The number of hydrogen-bond donors (Lipinski definition) is 2. The molecule has 32 heavy (non-hydrogen) atoms. The first kappa shape index (κ1) is 21.5. The van der Waals surface area contributed by atoms with Gasteiger partial charge in [-0.25, -0.2) is 19.2 Å². The molecule has 4 rings (SSSR count). The molecule has 1 aromatic heterocycles. The molecular formula is C24H27FN6O. The number of amides is 2. The minimum absolute atomic E-state index is 0.228. The van der Waals surface area contributed by atoms with Gasteiger partial charge in [0, 0.05) is 43.6 Å². The van der Waals surface area contributed by atoms with Crippen LogP contribution in [-0.4, -0.2) is 47.1 Å². The zero-order chi connectivity index (χ0) is 22.7. The summed E-state index contributed by atoms with van der Waals surface area (Å²) in [6, 6.07) is 14.5. The van der Waals surface area contributed by atoms with Gasteiger partial charge in [-0.15, -0.1) is 0 Å². The van der Waals surface area contributed by atoms with Gasteiger partial charge in [-0.2, -0.15) is 0 Å². The first-order chi connectivity index (χ1) is 15.4. The van der Waals surface area contributed by atoms with Crippen molar-refractivity contribution < 1.29 is 9.18 Å². The van der Waals surface area contributed by atoms with Gasteiger partial charge in [0.15, 0.2) is 0 Å². The van der Waals surface area contributed by atoms with Crippen LogP contribution in [0.1, 0.15) is 17.0 Å². The van der Waals surface area contributed by atoms with Gasteiger partial charge in [-0.05, 0) is 50.6 Å². The number of nitrogens with one attached hydrogen (secondary N) is 2. The molecule has 166 valence electrons. The van der Waals surface area contributed by atoms with Crippen LogP contribution >= 0.6 is 0 Å². The molecule has 0 radical (unpaired) electrons. The van der Waals surface area contributed by atoms with Crippen molar-refractivity contribution in [3.8, 4) is 0 Å². The third-order valence-corrected chi connectivity index (χ3v) is 5.46. The van der Waals surface area contributed by atoms with E-state index >= 15 is 0 Å². The Morgan fingerprint density at radius 3 is 2.28 bits per heavy atom. The van der Waals surface area contributed by atoms with E-state index in [-0.39, 0.29) is 11.8 Å². The highest BCUT2D eigenvalue weighted by Crippen LogP contribution is 2.22. The van der Waals surface area contributed by atoms with Crippen LogP contribution in [-0.2, 0) is 0 Å². The summed E-state index contributed by atoms with van der Waals surface area (Å²) in [6.07, 6.45) is 0. The number of benzene rings is 2. The molecule has 1 aliphatic heterocycles. The highest BCUT2D eigenvalue weighted by Gasteiger charge is 2.23. The minimum Gasteiger partial charge on any atom is -0.353 e. The van der Waals surface area contributed by atoms with Crippen molar-refractivity contribution in [2.45, 2.75) is 20.8 Å². The van der Waals surface area contributed by atoms with Crippen LogP contribution in [0.4, 0.5) is 32.2 Å². The Balaban J connectivity index is 1.38. The smallest absolute Gasteiger partial charge is 0.321 e. The van der Waals surface area contributed by atoms with Crippen LogP contribution in [0.5, 0.6) is 0 Å². The van der Waals surface area contributed by atoms with Crippen LogP contribution in [0.15, 0.2) is 48.5 Å². The fraction of sp³-hybridized carbons (Fsp3) is 0.292. The lowest BCUT2D eigenvalue weighted by Gasteiger charge is -2.35. The number of rotatable bonds is 4. The van der Waals surface area contributed by atoms with Gasteiger partial charge in [-0.1, -0.05) is 23.8 Å². The van der Waals surface area contributed by atoms with E-state index in [2.05, 4.69) is 32.4 Å². The molecule has 8 heteroatoms. The Morgan fingerprint density at radius 1 is 0.906 bits per heavy atom. The van der Waals surface area contributed by atoms with Gasteiger partial charge in [0.1, 0.15) is 23.3 Å². The van der Waals surface area contributed by atoms with Crippen molar-refractivity contribution in [1.29, 1.82) is 0 Å². The lowest BCUT2D eigenvalue weighted by Crippen LogP contribution is -2.50. The molecule has 0 bridgehead atoms. The zero-order valence-corrected chi connectivity index (χ0v) is 18.5. The minimum atomic E-state index is -0.332. The Morgan fingerprint density at radius 2 is 1.59 bits per heavy atom. The second kappa shape index (κ2) is 9.21. The van der Waals surface area contributed by atoms with E-state index in [1.807, 2.05) is 37.3 Å². The van der Waals surface area contributed by atoms with Crippen molar-refractivity contribution in [1.82, 2.24) is 14.9 Å². The standard InChI is InChI=1S/C24H27FN6O/c1-16-4-7-19(8-5-16)28-22-15-23(27-18(3)26-22)30-10-12-31(13-11-30)24(32)29-20-9-6-17(2)21(25)14-20/h4-9,14-15H,10-13H2,1-3H3,(H,29,32)(H,26,27,28). The number of halogens is 1. The second-order valence-electron chi connectivity index (χ2n) is 8.02. The van der Waals surface area contributed by atoms with Crippen molar-refractivity contribution in [2.24, 2.45) is 0 Å². The summed E-state index contributed by atoms with van der Waals surface area (Å²) in [4.78, 5) is 25.5. The molecule has 2 amide bonds. The van der Waals surface area contributed by atoms with Gasteiger partial charge in [0.2, 0.25) is 0 Å².